The second-order valence-corrected chi connectivity index (χ2v) is 6.14. The van der Waals surface area contributed by atoms with Crippen LogP contribution in [0, 0.1) is 11.3 Å². The summed E-state index contributed by atoms with van der Waals surface area (Å²) in [5.41, 5.74) is 3.15. The van der Waals surface area contributed by atoms with Gasteiger partial charge in [-0.3, -0.25) is 0 Å². The molecule has 0 bridgehead atoms. The first-order valence-electron chi connectivity index (χ1n) is 7.32. The zero-order chi connectivity index (χ0) is 14.6. The van der Waals surface area contributed by atoms with Gasteiger partial charge in [-0.1, -0.05) is 26.0 Å². The van der Waals surface area contributed by atoms with E-state index in [-0.39, 0.29) is 11.7 Å². The van der Waals surface area contributed by atoms with Gasteiger partial charge in [0.05, 0.1) is 6.26 Å². The van der Waals surface area contributed by atoms with Gasteiger partial charge in [0.2, 0.25) is 0 Å². The minimum absolute atomic E-state index is 0.148. The van der Waals surface area contributed by atoms with Crippen molar-refractivity contribution in [1.29, 1.82) is 0 Å². The SMILES string of the molecule is COC(CC=CC1CCC(C)(C)C2=C1C=COC2)OC. The van der Waals surface area contributed by atoms with Crippen molar-refractivity contribution in [3.63, 3.8) is 0 Å². The number of rotatable bonds is 5. The molecule has 2 rings (SSSR count). The second kappa shape index (κ2) is 6.59. The van der Waals surface area contributed by atoms with Crippen LogP contribution in [-0.4, -0.2) is 27.1 Å². The molecule has 1 heterocycles. The third-order valence-corrected chi connectivity index (χ3v) is 4.44. The van der Waals surface area contributed by atoms with Crippen LogP contribution in [0.5, 0.6) is 0 Å². The first kappa shape index (κ1) is 15.3. The molecule has 2 aliphatic rings. The van der Waals surface area contributed by atoms with Gasteiger partial charge in [-0.05, 0) is 35.5 Å². The Morgan fingerprint density at radius 2 is 2.15 bits per heavy atom. The summed E-state index contributed by atoms with van der Waals surface area (Å²) in [7, 11) is 3.35. The molecule has 0 spiro atoms. The molecule has 0 aromatic carbocycles. The summed E-state index contributed by atoms with van der Waals surface area (Å²) < 4.78 is 15.9. The molecule has 112 valence electrons. The van der Waals surface area contributed by atoms with Crippen LogP contribution < -0.4 is 0 Å². The highest BCUT2D eigenvalue weighted by Gasteiger charge is 2.34. The van der Waals surface area contributed by atoms with Crippen molar-refractivity contribution in [2.24, 2.45) is 11.3 Å². The molecule has 0 aromatic rings. The summed E-state index contributed by atoms with van der Waals surface area (Å²) in [4.78, 5) is 0. The zero-order valence-electron chi connectivity index (χ0n) is 13.0. The fourth-order valence-corrected chi connectivity index (χ4v) is 3.04. The quantitative estimate of drug-likeness (QED) is 0.565. The maximum atomic E-state index is 5.50. The molecule has 0 amide bonds. The van der Waals surface area contributed by atoms with Crippen molar-refractivity contribution >= 4 is 0 Å². The van der Waals surface area contributed by atoms with Crippen molar-refractivity contribution in [2.75, 3.05) is 20.8 Å². The maximum Gasteiger partial charge on any atom is 0.160 e. The predicted octanol–water partition coefficient (Wildman–Crippen LogP) is 3.83. The minimum Gasteiger partial charge on any atom is -0.497 e. The number of ether oxygens (including phenoxy) is 3. The predicted molar refractivity (Wildman–Crippen MR) is 80.2 cm³/mol. The van der Waals surface area contributed by atoms with Crippen molar-refractivity contribution in [1.82, 2.24) is 0 Å². The summed E-state index contributed by atoms with van der Waals surface area (Å²) in [5, 5.41) is 0. The fourth-order valence-electron chi connectivity index (χ4n) is 3.04. The summed E-state index contributed by atoms with van der Waals surface area (Å²) in [6, 6.07) is 0. The van der Waals surface area contributed by atoms with Crippen LogP contribution in [0.15, 0.2) is 35.6 Å². The first-order valence-corrected chi connectivity index (χ1v) is 7.32. The zero-order valence-corrected chi connectivity index (χ0v) is 13.0. The van der Waals surface area contributed by atoms with E-state index in [2.05, 4.69) is 32.1 Å². The molecule has 0 saturated carbocycles. The summed E-state index contributed by atoms with van der Waals surface area (Å²) in [5.74, 6) is 0.493. The van der Waals surface area contributed by atoms with Crippen LogP contribution in [0.1, 0.15) is 33.1 Å². The Kier molecular flexibility index (Phi) is 5.06. The minimum atomic E-state index is -0.148. The maximum absolute atomic E-state index is 5.50. The highest BCUT2D eigenvalue weighted by molar-refractivity contribution is 5.38. The Labute approximate surface area is 122 Å². The lowest BCUT2D eigenvalue weighted by Gasteiger charge is -2.39. The molecular formula is C17H26O3. The monoisotopic (exact) mass is 278 g/mol. The van der Waals surface area contributed by atoms with E-state index in [0.29, 0.717) is 5.92 Å². The normalized spacial score (nSPS) is 25.1. The van der Waals surface area contributed by atoms with E-state index in [1.54, 1.807) is 14.2 Å². The molecule has 0 aromatic heterocycles. The number of hydrogen-bond donors (Lipinski definition) is 0. The van der Waals surface area contributed by atoms with Gasteiger partial charge in [-0.15, -0.1) is 0 Å². The lowest BCUT2D eigenvalue weighted by Crippen LogP contribution is -2.28. The van der Waals surface area contributed by atoms with E-state index in [1.165, 1.54) is 24.0 Å². The molecule has 1 atom stereocenters. The van der Waals surface area contributed by atoms with Gasteiger partial charge in [-0.2, -0.15) is 0 Å². The molecule has 1 aliphatic heterocycles. The van der Waals surface area contributed by atoms with Crippen LogP contribution in [0.4, 0.5) is 0 Å². The van der Waals surface area contributed by atoms with Gasteiger partial charge in [-0.25, -0.2) is 0 Å². The first-order chi connectivity index (χ1) is 9.58. The van der Waals surface area contributed by atoms with Crippen LogP contribution in [0.2, 0.25) is 0 Å². The van der Waals surface area contributed by atoms with Crippen molar-refractivity contribution < 1.29 is 14.2 Å². The van der Waals surface area contributed by atoms with Gasteiger partial charge in [0.15, 0.2) is 6.29 Å². The van der Waals surface area contributed by atoms with E-state index in [4.69, 9.17) is 14.2 Å². The third-order valence-electron chi connectivity index (χ3n) is 4.44. The van der Waals surface area contributed by atoms with E-state index < -0.39 is 0 Å². The van der Waals surface area contributed by atoms with Crippen LogP contribution in [-0.2, 0) is 14.2 Å². The molecule has 0 saturated heterocycles. The number of hydrogen-bond acceptors (Lipinski definition) is 3. The highest BCUT2D eigenvalue weighted by atomic mass is 16.7. The summed E-state index contributed by atoms with van der Waals surface area (Å²) in [6.45, 7) is 5.37. The smallest absolute Gasteiger partial charge is 0.160 e. The fraction of sp³-hybridized carbons (Fsp3) is 0.647. The summed E-state index contributed by atoms with van der Waals surface area (Å²) in [6.07, 6.45) is 11.5. The van der Waals surface area contributed by atoms with E-state index >= 15 is 0 Å². The average molecular weight is 278 g/mol. The van der Waals surface area contributed by atoms with Crippen LogP contribution in [0.3, 0.4) is 0 Å². The van der Waals surface area contributed by atoms with E-state index in [0.717, 1.165) is 13.0 Å². The van der Waals surface area contributed by atoms with Crippen molar-refractivity contribution in [2.45, 2.75) is 39.4 Å². The van der Waals surface area contributed by atoms with Gasteiger partial charge in [0, 0.05) is 26.6 Å². The standard InChI is InChI=1S/C17H26O3/c1-17(2)10-8-13(6-5-7-16(18-3)19-4)14-9-11-20-12-15(14)17/h5-6,9,11,13,16H,7-8,10,12H2,1-4H3. The van der Waals surface area contributed by atoms with Gasteiger partial charge in [0.1, 0.15) is 6.61 Å². The molecule has 1 aliphatic carbocycles. The Balaban J connectivity index is 2.09. The molecular weight excluding hydrogens is 252 g/mol. The molecule has 0 N–H and O–H groups in total. The van der Waals surface area contributed by atoms with Crippen molar-refractivity contribution in [3.05, 3.63) is 35.6 Å². The molecule has 0 radical (unpaired) electrons. The van der Waals surface area contributed by atoms with E-state index in [1.807, 2.05) is 6.26 Å². The summed E-state index contributed by atoms with van der Waals surface area (Å²) >= 11 is 0. The average Bonchev–Trinajstić information content (AvgIpc) is 2.46. The number of methoxy groups -OCH3 is 2. The Morgan fingerprint density at radius 3 is 2.85 bits per heavy atom. The van der Waals surface area contributed by atoms with Gasteiger partial charge in [0.25, 0.3) is 0 Å². The van der Waals surface area contributed by atoms with E-state index in [9.17, 15) is 0 Å². The Morgan fingerprint density at radius 1 is 1.40 bits per heavy atom. The molecule has 1 unspecified atom stereocenters. The molecule has 3 heteroatoms. The van der Waals surface area contributed by atoms with Crippen molar-refractivity contribution in [3.8, 4) is 0 Å². The van der Waals surface area contributed by atoms with Gasteiger partial charge >= 0.3 is 0 Å². The highest BCUT2D eigenvalue weighted by Crippen LogP contribution is 2.45. The third kappa shape index (κ3) is 3.33. The van der Waals surface area contributed by atoms with Crippen LogP contribution in [0.25, 0.3) is 0 Å². The molecule has 3 nitrogen and oxygen atoms in total. The second-order valence-electron chi connectivity index (χ2n) is 6.14. The van der Waals surface area contributed by atoms with Crippen LogP contribution >= 0.6 is 0 Å². The van der Waals surface area contributed by atoms with Gasteiger partial charge < -0.3 is 14.2 Å². The molecule has 20 heavy (non-hydrogen) atoms. The number of allylic oxidation sites excluding steroid dienone is 3. The lowest BCUT2D eigenvalue weighted by atomic mass is 9.68. The largest absolute Gasteiger partial charge is 0.497 e. The topological polar surface area (TPSA) is 27.7 Å². The Hall–Kier alpha value is -1.06. The lowest BCUT2D eigenvalue weighted by molar-refractivity contribution is -0.0986. The Bertz CT molecular complexity index is 414. The molecule has 0 fully saturated rings.